The molecular weight excluding hydrogens is 256 g/mol. The summed E-state index contributed by atoms with van der Waals surface area (Å²) in [5, 5.41) is 10.4. The van der Waals surface area contributed by atoms with Crippen LogP contribution in [0.3, 0.4) is 0 Å². The fraction of sp³-hybridized carbons (Fsp3) is 0.429. The Labute approximate surface area is 117 Å². The van der Waals surface area contributed by atoms with Gasteiger partial charge >= 0.3 is 6.09 Å². The average Bonchev–Trinajstić information content (AvgIpc) is 2.28. The van der Waals surface area contributed by atoms with Crippen LogP contribution in [-0.4, -0.2) is 26.9 Å². The van der Waals surface area contributed by atoms with Crippen LogP contribution in [-0.2, 0) is 4.74 Å². The van der Waals surface area contributed by atoms with Crippen molar-refractivity contribution < 1.29 is 9.53 Å². The maximum Gasteiger partial charge on any atom is 0.414 e. The summed E-state index contributed by atoms with van der Waals surface area (Å²) in [5.41, 5.74) is 3.06. The molecule has 0 unspecified atom stereocenters. The zero-order chi connectivity index (χ0) is 14.9. The predicted octanol–water partition coefficient (Wildman–Crippen LogP) is 2.99. The molecule has 0 saturated carbocycles. The molecule has 1 N–H and O–H groups in total. The van der Waals surface area contributed by atoms with Crippen LogP contribution in [0.5, 0.6) is 0 Å². The molecule has 1 aromatic heterocycles. The smallest absolute Gasteiger partial charge is 0.414 e. The van der Waals surface area contributed by atoms with E-state index in [1.165, 1.54) is 0 Å². The van der Waals surface area contributed by atoms with Crippen molar-refractivity contribution in [2.24, 2.45) is 0 Å². The molecule has 1 aromatic carbocycles. The molecule has 0 bridgehead atoms. The van der Waals surface area contributed by atoms with Crippen molar-refractivity contribution in [3.05, 3.63) is 23.3 Å². The molecule has 0 atom stereocenters. The van der Waals surface area contributed by atoms with E-state index in [1.807, 2.05) is 26.0 Å². The van der Waals surface area contributed by atoms with E-state index < -0.39 is 11.7 Å². The number of hydrogen-bond donors (Lipinski definition) is 1. The van der Waals surface area contributed by atoms with Gasteiger partial charge < -0.3 is 4.74 Å². The fourth-order valence-electron chi connectivity index (χ4n) is 1.64. The summed E-state index contributed by atoms with van der Waals surface area (Å²) < 4.78 is 5.14. The molecular formula is C14H18N4O2. The van der Waals surface area contributed by atoms with Crippen molar-refractivity contribution in [3.8, 4) is 0 Å². The molecule has 106 valence electrons. The van der Waals surface area contributed by atoms with Crippen LogP contribution in [0.1, 0.15) is 31.9 Å². The maximum atomic E-state index is 11.6. The molecule has 0 fully saturated rings. The summed E-state index contributed by atoms with van der Waals surface area (Å²) in [4.78, 5) is 15.9. The van der Waals surface area contributed by atoms with Crippen molar-refractivity contribution in [3.63, 3.8) is 0 Å². The average molecular weight is 274 g/mol. The van der Waals surface area contributed by atoms with Gasteiger partial charge in [-0.3, -0.25) is 5.32 Å². The summed E-state index contributed by atoms with van der Waals surface area (Å²) in [7, 11) is 0. The van der Waals surface area contributed by atoms with E-state index in [4.69, 9.17) is 4.74 Å². The van der Waals surface area contributed by atoms with Gasteiger partial charge in [-0.05, 0) is 57.9 Å². The Balaban J connectivity index is 2.24. The monoisotopic (exact) mass is 274 g/mol. The lowest BCUT2D eigenvalue weighted by Gasteiger charge is -2.19. The first-order valence-corrected chi connectivity index (χ1v) is 6.36. The molecule has 0 spiro atoms. The van der Waals surface area contributed by atoms with Gasteiger partial charge in [-0.2, -0.15) is 0 Å². The fourth-order valence-corrected chi connectivity index (χ4v) is 1.64. The summed E-state index contributed by atoms with van der Waals surface area (Å²) in [5.74, 6) is 0.134. The van der Waals surface area contributed by atoms with Gasteiger partial charge in [-0.15, -0.1) is 10.2 Å². The van der Waals surface area contributed by atoms with Gasteiger partial charge in [0, 0.05) is 0 Å². The molecule has 6 nitrogen and oxygen atoms in total. The van der Waals surface area contributed by atoms with E-state index in [2.05, 4.69) is 20.5 Å². The van der Waals surface area contributed by atoms with Gasteiger partial charge in [0.15, 0.2) is 0 Å². The Morgan fingerprint density at radius 1 is 1.10 bits per heavy atom. The number of rotatable bonds is 1. The molecule has 0 aliphatic carbocycles. The number of nitrogens with zero attached hydrogens (tertiary/aromatic N) is 3. The van der Waals surface area contributed by atoms with Gasteiger partial charge in [0.1, 0.15) is 11.1 Å². The number of anilines is 1. The van der Waals surface area contributed by atoms with E-state index in [9.17, 15) is 4.79 Å². The quantitative estimate of drug-likeness (QED) is 0.865. The van der Waals surface area contributed by atoms with Crippen LogP contribution in [0.15, 0.2) is 12.1 Å². The second kappa shape index (κ2) is 5.03. The number of fused-ring (bicyclic) bond motifs is 1. The minimum absolute atomic E-state index is 0.134. The van der Waals surface area contributed by atoms with Gasteiger partial charge in [0.05, 0.1) is 5.52 Å². The third-order valence-electron chi connectivity index (χ3n) is 2.68. The van der Waals surface area contributed by atoms with Crippen molar-refractivity contribution in [1.29, 1.82) is 0 Å². The molecule has 6 heteroatoms. The summed E-state index contributed by atoms with van der Waals surface area (Å²) in [6.45, 7) is 9.37. The summed E-state index contributed by atoms with van der Waals surface area (Å²) in [6, 6.07) is 3.83. The summed E-state index contributed by atoms with van der Waals surface area (Å²) in [6.07, 6.45) is -0.595. The molecule has 0 aliphatic heterocycles. The Hall–Kier alpha value is -2.24. The molecule has 20 heavy (non-hydrogen) atoms. The molecule has 2 aromatic rings. The van der Waals surface area contributed by atoms with Crippen LogP contribution in [0.2, 0.25) is 0 Å². The highest BCUT2D eigenvalue weighted by Crippen LogP contribution is 2.16. The van der Waals surface area contributed by atoms with Crippen LogP contribution in [0, 0.1) is 13.8 Å². The van der Waals surface area contributed by atoms with Crippen LogP contribution in [0.4, 0.5) is 10.7 Å². The second-order valence-electron chi connectivity index (χ2n) is 5.69. The first kappa shape index (κ1) is 14.2. The number of nitrogens with one attached hydrogen (secondary N) is 1. The Kier molecular flexibility index (Phi) is 3.57. The second-order valence-corrected chi connectivity index (χ2v) is 5.69. The van der Waals surface area contributed by atoms with Gasteiger partial charge in [-0.25, -0.2) is 9.78 Å². The Morgan fingerprint density at radius 3 is 2.30 bits per heavy atom. The number of aromatic nitrogens is 3. The number of benzene rings is 1. The minimum atomic E-state index is -0.595. The highest BCUT2D eigenvalue weighted by Gasteiger charge is 2.17. The highest BCUT2D eigenvalue weighted by atomic mass is 16.6. The highest BCUT2D eigenvalue weighted by molar-refractivity contribution is 5.84. The van der Waals surface area contributed by atoms with Gasteiger partial charge in [-0.1, -0.05) is 0 Å². The van der Waals surface area contributed by atoms with Crippen LogP contribution < -0.4 is 5.32 Å². The largest absolute Gasteiger partial charge is 0.444 e. The molecule has 2 rings (SSSR count). The van der Waals surface area contributed by atoms with E-state index in [0.29, 0.717) is 11.0 Å². The maximum absolute atomic E-state index is 11.6. The number of hydrogen-bond acceptors (Lipinski definition) is 5. The zero-order valence-corrected chi connectivity index (χ0v) is 12.3. The first-order valence-electron chi connectivity index (χ1n) is 6.36. The lowest BCUT2D eigenvalue weighted by Crippen LogP contribution is -2.27. The molecule has 0 radical (unpaired) electrons. The number of ether oxygens (including phenoxy) is 1. The number of amides is 1. The van der Waals surface area contributed by atoms with Crippen molar-refractivity contribution in [2.75, 3.05) is 5.32 Å². The zero-order valence-electron chi connectivity index (χ0n) is 12.3. The minimum Gasteiger partial charge on any atom is -0.444 e. The number of carbonyl (C=O) groups excluding carboxylic acids is 1. The standard InChI is InChI=1S/C14H18N4O2/c1-8-6-10-11(7-9(8)2)17-18-12(15-10)16-13(19)20-14(3,4)5/h6-7H,1-5H3,(H,15,16,18,19). The lowest BCUT2D eigenvalue weighted by molar-refractivity contribution is 0.0634. The van der Waals surface area contributed by atoms with Crippen LogP contribution >= 0.6 is 0 Å². The van der Waals surface area contributed by atoms with Gasteiger partial charge in [0.25, 0.3) is 5.95 Å². The van der Waals surface area contributed by atoms with E-state index in [0.717, 1.165) is 11.1 Å². The summed E-state index contributed by atoms with van der Waals surface area (Å²) >= 11 is 0. The first-order chi connectivity index (χ1) is 9.24. The topological polar surface area (TPSA) is 77.0 Å². The molecule has 0 saturated heterocycles. The van der Waals surface area contributed by atoms with Crippen molar-refractivity contribution in [2.45, 2.75) is 40.2 Å². The van der Waals surface area contributed by atoms with E-state index in [-0.39, 0.29) is 5.95 Å². The Bertz CT molecular complexity index is 662. The van der Waals surface area contributed by atoms with E-state index in [1.54, 1.807) is 20.8 Å². The number of aryl methyl sites for hydroxylation is 2. The van der Waals surface area contributed by atoms with E-state index >= 15 is 0 Å². The predicted molar refractivity (Wildman–Crippen MR) is 76.7 cm³/mol. The lowest BCUT2D eigenvalue weighted by atomic mass is 10.1. The van der Waals surface area contributed by atoms with Crippen molar-refractivity contribution >= 4 is 23.1 Å². The molecule has 1 amide bonds. The molecule has 1 heterocycles. The number of carbonyl (C=O) groups is 1. The normalized spacial score (nSPS) is 11.4. The van der Waals surface area contributed by atoms with Crippen molar-refractivity contribution in [1.82, 2.24) is 15.2 Å². The molecule has 0 aliphatic rings. The Morgan fingerprint density at radius 2 is 1.70 bits per heavy atom. The SMILES string of the molecule is Cc1cc2nnc(NC(=O)OC(C)(C)C)nc2cc1C. The van der Waals surface area contributed by atoms with Crippen LogP contribution in [0.25, 0.3) is 11.0 Å². The van der Waals surface area contributed by atoms with Gasteiger partial charge in [0.2, 0.25) is 0 Å². The third kappa shape index (κ3) is 3.40. The third-order valence-corrected chi connectivity index (χ3v) is 2.68.